The lowest BCUT2D eigenvalue weighted by atomic mass is 10.4. The summed E-state index contributed by atoms with van der Waals surface area (Å²) in [5.41, 5.74) is 0. The number of carbonyl (C=O) groups is 1. The number of rotatable bonds is 2. The quantitative estimate of drug-likeness (QED) is 0.688. The van der Waals surface area contributed by atoms with Gasteiger partial charge in [-0.1, -0.05) is 0 Å². The predicted octanol–water partition coefficient (Wildman–Crippen LogP) is -0.863. The second-order valence-electron chi connectivity index (χ2n) is 3.65. The number of aromatic nitrogens is 3. The minimum absolute atomic E-state index is 0.135. The number of aryl methyl sites for hydroxylation is 1. The van der Waals surface area contributed by atoms with Gasteiger partial charge in [-0.15, -0.1) is 0 Å². The van der Waals surface area contributed by atoms with Gasteiger partial charge in [0.25, 0.3) is 0 Å². The smallest absolute Gasteiger partial charge is 0.236 e. The fraction of sp³-hybridized carbons (Fsp3) is 0.667. The standard InChI is InChI=1S/C9H15N5O/c1-13-8(11-7-12-13)6-14-4-2-3-10-5-9(14)15/h7,10H,2-6H2,1H3. The van der Waals surface area contributed by atoms with Crippen molar-refractivity contribution >= 4 is 5.91 Å². The molecule has 0 aliphatic carbocycles. The van der Waals surface area contributed by atoms with E-state index in [1.807, 2.05) is 11.9 Å². The fourth-order valence-corrected chi connectivity index (χ4v) is 1.63. The Labute approximate surface area is 88.3 Å². The molecule has 1 amide bonds. The number of amides is 1. The summed E-state index contributed by atoms with van der Waals surface area (Å²) in [5.74, 6) is 0.959. The van der Waals surface area contributed by atoms with Crippen LogP contribution < -0.4 is 5.32 Å². The normalized spacial score (nSPS) is 17.9. The van der Waals surface area contributed by atoms with E-state index in [1.165, 1.54) is 6.33 Å². The minimum atomic E-state index is 0.135. The molecule has 1 aromatic rings. The Bertz CT molecular complexity index is 348. The summed E-state index contributed by atoms with van der Waals surface area (Å²) in [4.78, 5) is 17.6. The molecule has 0 atom stereocenters. The number of hydrogen-bond acceptors (Lipinski definition) is 4. The summed E-state index contributed by atoms with van der Waals surface area (Å²) in [6, 6.07) is 0. The van der Waals surface area contributed by atoms with Crippen molar-refractivity contribution in [2.45, 2.75) is 13.0 Å². The molecule has 0 radical (unpaired) electrons. The molecule has 1 aliphatic rings. The third kappa shape index (κ3) is 2.33. The second kappa shape index (κ2) is 4.39. The number of hydrogen-bond donors (Lipinski definition) is 1. The zero-order chi connectivity index (χ0) is 10.7. The van der Waals surface area contributed by atoms with E-state index in [2.05, 4.69) is 15.4 Å². The minimum Gasteiger partial charge on any atom is -0.334 e. The lowest BCUT2D eigenvalue weighted by Gasteiger charge is -2.19. The molecule has 82 valence electrons. The van der Waals surface area contributed by atoms with Gasteiger partial charge in [0.1, 0.15) is 12.2 Å². The van der Waals surface area contributed by atoms with Gasteiger partial charge >= 0.3 is 0 Å². The van der Waals surface area contributed by atoms with E-state index in [0.29, 0.717) is 13.1 Å². The largest absolute Gasteiger partial charge is 0.334 e. The topological polar surface area (TPSA) is 63.1 Å². The molecular weight excluding hydrogens is 194 g/mol. The SMILES string of the molecule is Cn1ncnc1CN1CCCNCC1=O. The highest BCUT2D eigenvalue weighted by Gasteiger charge is 2.17. The Morgan fingerprint density at radius 2 is 2.47 bits per heavy atom. The Kier molecular flexibility index (Phi) is 2.96. The van der Waals surface area contributed by atoms with Crippen LogP contribution in [0.3, 0.4) is 0 Å². The van der Waals surface area contributed by atoms with Crippen LogP contribution in [0.5, 0.6) is 0 Å². The first-order chi connectivity index (χ1) is 7.27. The van der Waals surface area contributed by atoms with E-state index in [9.17, 15) is 4.79 Å². The maximum Gasteiger partial charge on any atom is 0.236 e. The first kappa shape index (κ1) is 10.1. The molecule has 6 heteroatoms. The van der Waals surface area contributed by atoms with Gasteiger partial charge in [-0.2, -0.15) is 5.10 Å². The molecule has 0 bridgehead atoms. The zero-order valence-corrected chi connectivity index (χ0v) is 8.81. The van der Waals surface area contributed by atoms with E-state index in [-0.39, 0.29) is 5.91 Å². The summed E-state index contributed by atoms with van der Waals surface area (Å²) in [6.07, 6.45) is 2.50. The summed E-state index contributed by atoms with van der Waals surface area (Å²) in [6.45, 7) is 2.68. The highest BCUT2D eigenvalue weighted by molar-refractivity contribution is 5.78. The molecular formula is C9H15N5O. The van der Waals surface area contributed by atoms with Gasteiger partial charge in [0, 0.05) is 13.6 Å². The highest BCUT2D eigenvalue weighted by Crippen LogP contribution is 2.03. The fourth-order valence-electron chi connectivity index (χ4n) is 1.63. The van der Waals surface area contributed by atoms with Crippen LogP contribution in [0.4, 0.5) is 0 Å². The van der Waals surface area contributed by atoms with Crippen LogP contribution in [0.15, 0.2) is 6.33 Å². The molecule has 2 rings (SSSR count). The molecule has 1 N–H and O–H groups in total. The maximum atomic E-state index is 11.7. The molecule has 1 fully saturated rings. The predicted molar refractivity (Wildman–Crippen MR) is 53.9 cm³/mol. The first-order valence-corrected chi connectivity index (χ1v) is 5.09. The van der Waals surface area contributed by atoms with E-state index >= 15 is 0 Å². The second-order valence-corrected chi connectivity index (χ2v) is 3.65. The van der Waals surface area contributed by atoms with Crippen molar-refractivity contribution in [3.8, 4) is 0 Å². The third-order valence-electron chi connectivity index (χ3n) is 2.55. The molecule has 1 aromatic heterocycles. The number of nitrogens with zero attached hydrogens (tertiary/aromatic N) is 4. The maximum absolute atomic E-state index is 11.7. The van der Waals surface area contributed by atoms with Crippen molar-refractivity contribution < 1.29 is 4.79 Å². The lowest BCUT2D eigenvalue weighted by Crippen LogP contribution is -2.35. The van der Waals surface area contributed by atoms with Crippen molar-refractivity contribution in [1.82, 2.24) is 25.0 Å². The molecule has 15 heavy (non-hydrogen) atoms. The monoisotopic (exact) mass is 209 g/mol. The van der Waals surface area contributed by atoms with Crippen LogP contribution in [0.2, 0.25) is 0 Å². The van der Waals surface area contributed by atoms with Crippen molar-refractivity contribution in [1.29, 1.82) is 0 Å². The molecule has 1 saturated heterocycles. The van der Waals surface area contributed by atoms with Crippen molar-refractivity contribution in [3.05, 3.63) is 12.2 Å². The summed E-state index contributed by atoms with van der Waals surface area (Å²) >= 11 is 0. The Hall–Kier alpha value is -1.43. The highest BCUT2D eigenvalue weighted by atomic mass is 16.2. The summed E-state index contributed by atoms with van der Waals surface area (Å²) in [5, 5.41) is 7.07. The third-order valence-corrected chi connectivity index (χ3v) is 2.55. The van der Waals surface area contributed by atoms with Gasteiger partial charge < -0.3 is 10.2 Å². The van der Waals surface area contributed by atoms with Crippen LogP contribution in [0.1, 0.15) is 12.2 Å². The van der Waals surface area contributed by atoms with E-state index in [1.54, 1.807) is 4.68 Å². The molecule has 0 aromatic carbocycles. The van der Waals surface area contributed by atoms with Gasteiger partial charge in [0.15, 0.2) is 0 Å². The van der Waals surface area contributed by atoms with Crippen LogP contribution >= 0.6 is 0 Å². The van der Waals surface area contributed by atoms with Gasteiger partial charge in [0.2, 0.25) is 5.91 Å². The van der Waals surface area contributed by atoms with Gasteiger partial charge in [-0.3, -0.25) is 9.48 Å². The number of carbonyl (C=O) groups excluding carboxylic acids is 1. The van der Waals surface area contributed by atoms with Gasteiger partial charge in [0.05, 0.1) is 13.1 Å². The summed E-state index contributed by atoms with van der Waals surface area (Å²) < 4.78 is 1.70. The van der Waals surface area contributed by atoms with Crippen LogP contribution in [0, 0.1) is 0 Å². The Morgan fingerprint density at radius 3 is 3.20 bits per heavy atom. The van der Waals surface area contributed by atoms with Crippen LogP contribution in [0.25, 0.3) is 0 Å². The molecule has 0 unspecified atom stereocenters. The Balaban J connectivity index is 2.03. The van der Waals surface area contributed by atoms with Crippen molar-refractivity contribution in [2.24, 2.45) is 7.05 Å². The lowest BCUT2D eigenvalue weighted by molar-refractivity contribution is -0.130. The van der Waals surface area contributed by atoms with E-state index < -0.39 is 0 Å². The Morgan fingerprint density at radius 1 is 1.60 bits per heavy atom. The molecule has 0 saturated carbocycles. The van der Waals surface area contributed by atoms with Crippen LogP contribution in [-0.2, 0) is 18.4 Å². The van der Waals surface area contributed by atoms with E-state index in [0.717, 1.165) is 25.3 Å². The summed E-state index contributed by atoms with van der Waals surface area (Å²) in [7, 11) is 1.84. The zero-order valence-electron chi connectivity index (χ0n) is 8.81. The molecule has 1 aliphatic heterocycles. The first-order valence-electron chi connectivity index (χ1n) is 5.09. The molecule has 2 heterocycles. The average molecular weight is 209 g/mol. The van der Waals surface area contributed by atoms with Crippen molar-refractivity contribution in [2.75, 3.05) is 19.6 Å². The van der Waals surface area contributed by atoms with Crippen molar-refractivity contribution in [3.63, 3.8) is 0 Å². The number of nitrogens with one attached hydrogen (secondary N) is 1. The molecule has 0 spiro atoms. The van der Waals surface area contributed by atoms with Gasteiger partial charge in [-0.25, -0.2) is 4.98 Å². The van der Waals surface area contributed by atoms with E-state index in [4.69, 9.17) is 0 Å². The molecule has 6 nitrogen and oxygen atoms in total. The average Bonchev–Trinajstić information content (AvgIpc) is 2.50. The van der Waals surface area contributed by atoms with Gasteiger partial charge in [-0.05, 0) is 13.0 Å². The van der Waals surface area contributed by atoms with Crippen LogP contribution in [-0.4, -0.2) is 45.2 Å².